The normalized spacial score (nSPS) is 12.1. The molecule has 0 radical (unpaired) electrons. The minimum absolute atomic E-state index is 0.184. The van der Waals surface area contributed by atoms with Crippen LogP contribution >= 0.6 is 0 Å². The Morgan fingerprint density at radius 1 is 0.967 bits per heavy atom. The maximum atomic E-state index is 13.4. The number of nitrogens with zero attached hydrogens (tertiary/aromatic N) is 2. The Hall–Kier alpha value is -3.81. The van der Waals surface area contributed by atoms with Gasteiger partial charge in [-0.2, -0.15) is 13.2 Å². The topological polar surface area (TPSA) is 60.1 Å². The Bertz CT molecular complexity index is 1420. The molecule has 0 saturated heterocycles. The number of rotatable bonds is 3. The number of furan rings is 1. The summed E-state index contributed by atoms with van der Waals surface area (Å²) in [6.45, 7) is -0.514. The van der Waals surface area contributed by atoms with Crippen LogP contribution in [0.15, 0.2) is 71.1 Å². The first kappa shape index (κ1) is 18.2. The van der Waals surface area contributed by atoms with Crippen molar-refractivity contribution in [2.24, 2.45) is 0 Å². The number of carbonyl (C=O) groups excluding carboxylic acids is 1. The number of amides is 1. The molecule has 5 aromatic rings. The van der Waals surface area contributed by atoms with Gasteiger partial charge in [0, 0.05) is 16.5 Å². The molecule has 3 aromatic carbocycles. The summed E-state index contributed by atoms with van der Waals surface area (Å²) < 4.78 is 46.9. The number of para-hydroxylation sites is 3. The van der Waals surface area contributed by atoms with E-state index in [1.54, 1.807) is 30.3 Å². The number of halogens is 3. The predicted octanol–water partition coefficient (Wildman–Crippen LogP) is 5.59. The largest absolute Gasteiger partial charge is 0.456 e. The zero-order valence-corrected chi connectivity index (χ0v) is 15.4. The van der Waals surface area contributed by atoms with Crippen LogP contribution in [0.4, 0.5) is 18.9 Å². The van der Waals surface area contributed by atoms with Gasteiger partial charge in [-0.1, -0.05) is 30.3 Å². The third-order valence-electron chi connectivity index (χ3n) is 4.87. The van der Waals surface area contributed by atoms with Crippen molar-refractivity contribution in [3.8, 4) is 0 Å². The highest BCUT2D eigenvalue weighted by molar-refractivity contribution is 6.07. The fourth-order valence-corrected chi connectivity index (χ4v) is 3.60. The monoisotopic (exact) mass is 409 g/mol. The lowest BCUT2D eigenvalue weighted by atomic mass is 10.1. The summed E-state index contributed by atoms with van der Waals surface area (Å²) in [5.41, 5.74) is 2.28. The van der Waals surface area contributed by atoms with Gasteiger partial charge >= 0.3 is 6.18 Å². The Kier molecular flexibility index (Phi) is 4.02. The van der Waals surface area contributed by atoms with E-state index in [9.17, 15) is 18.0 Å². The van der Waals surface area contributed by atoms with E-state index in [2.05, 4.69) is 10.3 Å². The van der Waals surface area contributed by atoms with E-state index >= 15 is 0 Å². The number of hydrogen-bond acceptors (Lipinski definition) is 3. The molecule has 2 aromatic heterocycles. The zero-order chi connectivity index (χ0) is 20.9. The Morgan fingerprint density at radius 3 is 2.53 bits per heavy atom. The van der Waals surface area contributed by atoms with Gasteiger partial charge in [-0.25, -0.2) is 4.98 Å². The van der Waals surface area contributed by atoms with Gasteiger partial charge in [0.1, 0.15) is 17.7 Å². The molecule has 8 heteroatoms. The van der Waals surface area contributed by atoms with Gasteiger partial charge in [0.25, 0.3) is 0 Å². The number of fused-ring (bicyclic) bond motifs is 4. The fraction of sp³-hybridized carbons (Fsp3) is 0.0909. The molecule has 0 aliphatic heterocycles. The SMILES string of the molecule is O=C(Cn1c(C(F)(F)F)nc2ccccc21)Nc1ccc2oc3ccccc3c2c1. The van der Waals surface area contributed by atoms with Crippen molar-refractivity contribution in [1.82, 2.24) is 9.55 Å². The average Bonchev–Trinajstić information content (AvgIpc) is 3.26. The number of imidazole rings is 1. The standard InChI is InChI=1S/C22H14F3N3O2/c23-22(24,25)21-27-16-6-2-3-7-17(16)28(21)12-20(29)26-13-9-10-19-15(11-13)14-5-1-4-8-18(14)30-19/h1-11H,12H2,(H,26,29). The second-order valence-electron chi connectivity index (χ2n) is 6.87. The molecule has 0 spiro atoms. The van der Waals surface area contributed by atoms with Crippen LogP contribution in [0.1, 0.15) is 5.82 Å². The summed E-state index contributed by atoms with van der Waals surface area (Å²) in [7, 11) is 0. The van der Waals surface area contributed by atoms with Gasteiger partial charge in [-0.15, -0.1) is 0 Å². The first-order chi connectivity index (χ1) is 14.4. The fourth-order valence-electron chi connectivity index (χ4n) is 3.60. The average molecular weight is 409 g/mol. The molecule has 0 fully saturated rings. The van der Waals surface area contributed by atoms with Crippen molar-refractivity contribution < 1.29 is 22.4 Å². The second-order valence-corrected chi connectivity index (χ2v) is 6.87. The van der Waals surface area contributed by atoms with Crippen LogP contribution < -0.4 is 5.32 Å². The smallest absolute Gasteiger partial charge is 0.449 e. The summed E-state index contributed by atoms with van der Waals surface area (Å²) in [4.78, 5) is 16.2. The molecule has 1 amide bonds. The van der Waals surface area contributed by atoms with Crippen LogP contribution in [0, 0.1) is 0 Å². The maximum absolute atomic E-state index is 13.4. The Balaban J connectivity index is 1.47. The lowest BCUT2D eigenvalue weighted by molar-refractivity contribution is -0.147. The van der Waals surface area contributed by atoms with E-state index in [1.165, 1.54) is 12.1 Å². The Morgan fingerprint density at radius 2 is 1.70 bits per heavy atom. The van der Waals surface area contributed by atoms with Crippen LogP contribution in [0.25, 0.3) is 33.0 Å². The number of alkyl halides is 3. The predicted molar refractivity (Wildman–Crippen MR) is 107 cm³/mol. The number of benzene rings is 3. The van der Waals surface area contributed by atoms with E-state index in [0.29, 0.717) is 11.3 Å². The number of anilines is 1. The van der Waals surface area contributed by atoms with Crippen LogP contribution in [0.5, 0.6) is 0 Å². The van der Waals surface area contributed by atoms with E-state index in [0.717, 1.165) is 20.9 Å². The van der Waals surface area contributed by atoms with Crippen molar-refractivity contribution in [3.63, 3.8) is 0 Å². The molecule has 0 unspecified atom stereocenters. The van der Waals surface area contributed by atoms with Gasteiger partial charge in [-0.05, 0) is 36.4 Å². The molecule has 0 saturated carbocycles. The molecule has 0 atom stereocenters. The number of aromatic nitrogens is 2. The molecule has 30 heavy (non-hydrogen) atoms. The van der Waals surface area contributed by atoms with Gasteiger partial charge in [0.15, 0.2) is 0 Å². The van der Waals surface area contributed by atoms with E-state index < -0.39 is 24.5 Å². The highest BCUT2D eigenvalue weighted by Crippen LogP contribution is 2.32. The van der Waals surface area contributed by atoms with Gasteiger partial charge in [0.05, 0.1) is 11.0 Å². The minimum Gasteiger partial charge on any atom is -0.456 e. The van der Waals surface area contributed by atoms with Gasteiger partial charge in [-0.3, -0.25) is 4.79 Å². The minimum atomic E-state index is -4.67. The molecule has 5 rings (SSSR count). The number of carbonyl (C=O) groups is 1. The summed E-state index contributed by atoms with van der Waals surface area (Å²) in [6.07, 6.45) is -4.67. The molecule has 2 heterocycles. The highest BCUT2D eigenvalue weighted by Gasteiger charge is 2.38. The quantitative estimate of drug-likeness (QED) is 0.422. The van der Waals surface area contributed by atoms with Crippen molar-refractivity contribution in [3.05, 3.63) is 72.6 Å². The van der Waals surface area contributed by atoms with Gasteiger partial charge in [0.2, 0.25) is 11.7 Å². The summed E-state index contributed by atoms with van der Waals surface area (Å²) in [5, 5.41) is 4.38. The number of hydrogen-bond donors (Lipinski definition) is 1. The molecule has 0 aliphatic carbocycles. The van der Waals surface area contributed by atoms with E-state index in [-0.39, 0.29) is 11.0 Å². The molecule has 0 aliphatic rings. The summed E-state index contributed by atoms with van der Waals surface area (Å²) >= 11 is 0. The molecular formula is C22H14F3N3O2. The molecule has 150 valence electrons. The highest BCUT2D eigenvalue weighted by atomic mass is 19.4. The second kappa shape index (κ2) is 6.62. The van der Waals surface area contributed by atoms with E-state index in [1.807, 2.05) is 24.3 Å². The van der Waals surface area contributed by atoms with Crippen LogP contribution in [0.2, 0.25) is 0 Å². The Labute approximate surface area is 167 Å². The van der Waals surface area contributed by atoms with Crippen LogP contribution in [-0.4, -0.2) is 15.5 Å². The lowest BCUT2D eigenvalue weighted by Gasteiger charge is -2.12. The van der Waals surface area contributed by atoms with Crippen molar-refractivity contribution >= 4 is 44.6 Å². The summed E-state index contributed by atoms with van der Waals surface area (Å²) in [5.74, 6) is -1.69. The van der Waals surface area contributed by atoms with E-state index in [4.69, 9.17) is 4.42 Å². The van der Waals surface area contributed by atoms with Crippen molar-refractivity contribution in [2.45, 2.75) is 12.7 Å². The first-order valence-electron chi connectivity index (χ1n) is 9.14. The molecular weight excluding hydrogens is 395 g/mol. The third kappa shape index (κ3) is 3.06. The molecule has 0 bridgehead atoms. The molecule has 5 nitrogen and oxygen atoms in total. The van der Waals surface area contributed by atoms with Crippen LogP contribution in [0.3, 0.4) is 0 Å². The van der Waals surface area contributed by atoms with Crippen molar-refractivity contribution in [2.75, 3.05) is 5.32 Å². The third-order valence-corrected chi connectivity index (χ3v) is 4.87. The van der Waals surface area contributed by atoms with Gasteiger partial charge < -0.3 is 14.3 Å². The zero-order valence-electron chi connectivity index (χ0n) is 15.4. The molecule has 1 N–H and O–H groups in total. The lowest BCUT2D eigenvalue weighted by Crippen LogP contribution is -2.23. The van der Waals surface area contributed by atoms with Crippen molar-refractivity contribution in [1.29, 1.82) is 0 Å². The first-order valence-corrected chi connectivity index (χ1v) is 9.14. The summed E-state index contributed by atoms with van der Waals surface area (Å²) in [6, 6.07) is 18.8. The maximum Gasteiger partial charge on any atom is 0.449 e. The number of nitrogens with one attached hydrogen (secondary N) is 1. The van der Waals surface area contributed by atoms with Crippen LogP contribution in [-0.2, 0) is 17.5 Å².